The van der Waals surface area contributed by atoms with Crippen LogP contribution in [0.4, 0.5) is 0 Å². The Labute approximate surface area is 162 Å². The molecule has 0 N–H and O–H groups in total. The lowest BCUT2D eigenvalue weighted by Crippen LogP contribution is -2.11. The Hall–Kier alpha value is -3.04. The molecule has 0 aliphatic carbocycles. The minimum atomic E-state index is -0.0985. The van der Waals surface area contributed by atoms with Crippen molar-refractivity contribution in [2.45, 2.75) is 6.10 Å². The monoisotopic (exact) mass is 370 g/mol. The number of methoxy groups -OCH3 is 1. The molecule has 0 spiro atoms. The number of ether oxygens (including phenoxy) is 2. The van der Waals surface area contributed by atoms with E-state index in [4.69, 9.17) is 9.47 Å². The van der Waals surface area contributed by atoms with E-state index in [0.29, 0.717) is 0 Å². The molecule has 1 aromatic heterocycles. The van der Waals surface area contributed by atoms with Gasteiger partial charge in [-0.15, -0.1) is 11.3 Å². The van der Waals surface area contributed by atoms with Crippen molar-refractivity contribution in [1.29, 1.82) is 0 Å². The zero-order valence-corrected chi connectivity index (χ0v) is 15.7. The van der Waals surface area contributed by atoms with Crippen molar-refractivity contribution >= 4 is 27.7 Å². The lowest BCUT2D eigenvalue weighted by atomic mass is 9.89. The summed E-state index contributed by atoms with van der Waals surface area (Å²) in [6.45, 7) is 0. The standard InChI is InChI=1S/C24H18O2S/c1-25-20-10-5-4-9-18(20)19-15-22(23-11-6-14-27-23)26-21-13-12-16-7-2-3-8-17(16)24(19)21/h2-15,22H,1H3. The summed E-state index contributed by atoms with van der Waals surface area (Å²) in [6.07, 6.45) is 2.12. The highest BCUT2D eigenvalue weighted by atomic mass is 32.1. The third kappa shape index (κ3) is 2.71. The van der Waals surface area contributed by atoms with E-state index >= 15 is 0 Å². The van der Waals surface area contributed by atoms with Gasteiger partial charge >= 0.3 is 0 Å². The molecule has 1 aliphatic heterocycles. The fraction of sp³-hybridized carbons (Fsp3) is 0.0833. The molecule has 0 saturated heterocycles. The molecule has 3 aromatic carbocycles. The molecule has 2 nitrogen and oxygen atoms in total. The number of hydrogen-bond acceptors (Lipinski definition) is 3. The second kappa shape index (κ2) is 6.60. The molecular weight excluding hydrogens is 352 g/mol. The first kappa shape index (κ1) is 16.2. The van der Waals surface area contributed by atoms with Gasteiger partial charge in [0.1, 0.15) is 11.5 Å². The molecule has 0 saturated carbocycles. The zero-order chi connectivity index (χ0) is 18.2. The first-order valence-electron chi connectivity index (χ1n) is 8.92. The summed E-state index contributed by atoms with van der Waals surface area (Å²) < 4.78 is 12.1. The van der Waals surface area contributed by atoms with Crippen molar-refractivity contribution in [2.75, 3.05) is 7.11 Å². The second-order valence-electron chi connectivity index (χ2n) is 6.49. The largest absolute Gasteiger partial charge is 0.496 e. The Morgan fingerprint density at radius 2 is 1.74 bits per heavy atom. The molecule has 132 valence electrons. The van der Waals surface area contributed by atoms with Crippen molar-refractivity contribution in [3.05, 3.63) is 100 Å². The third-order valence-corrected chi connectivity index (χ3v) is 5.89. The van der Waals surface area contributed by atoms with Crippen molar-refractivity contribution in [1.82, 2.24) is 0 Å². The number of para-hydroxylation sites is 1. The quantitative estimate of drug-likeness (QED) is 0.411. The van der Waals surface area contributed by atoms with Crippen LogP contribution in [0, 0.1) is 0 Å². The van der Waals surface area contributed by atoms with E-state index in [1.165, 1.54) is 15.6 Å². The smallest absolute Gasteiger partial charge is 0.152 e. The van der Waals surface area contributed by atoms with Gasteiger partial charge in [-0.2, -0.15) is 0 Å². The molecular formula is C24H18O2S. The zero-order valence-electron chi connectivity index (χ0n) is 14.9. The molecule has 1 atom stereocenters. The number of thiophene rings is 1. The number of rotatable bonds is 3. The predicted octanol–water partition coefficient (Wildman–Crippen LogP) is 6.48. The van der Waals surface area contributed by atoms with Gasteiger partial charge in [-0.3, -0.25) is 0 Å². The Morgan fingerprint density at radius 1 is 0.889 bits per heavy atom. The molecule has 27 heavy (non-hydrogen) atoms. The van der Waals surface area contributed by atoms with Gasteiger partial charge in [0, 0.05) is 16.0 Å². The second-order valence-corrected chi connectivity index (χ2v) is 7.47. The van der Waals surface area contributed by atoms with Crippen LogP contribution in [0.15, 0.2) is 84.3 Å². The Balaban J connectivity index is 1.80. The van der Waals surface area contributed by atoms with Gasteiger partial charge in [0.05, 0.1) is 7.11 Å². The van der Waals surface area contributed by atoms with E-state index in [1.54, 1.807) is 18.4 Å². The van der Waals surface area contributed by atoms with Crippen LogP contribution in [0.1, 0.15) is 22.1 Å². The van der Waals surface area contributed by atoms with Gasteiger partial charge in [0.25, 0.3) is 0 Å². The Kier molecular flexibility index (Phi) is 3.95. The minimum Gasteiger partial charge on any atom is -0.496 e. The molecule has 2 heterocycles. The molecule has 0 bridgehead atoms. The van der Waals surface area contributed by atoms with Crippen LogP contribution in [0.3, 0.4) is 0 Å². The summed E-state index contributed by atoms with van der Waals surface area (Å²) in [5.41, 5.74) is 3.37. The highest BCUT2D eigenvalue weighted by molar-refractivity contribution is 7.10. The first-order valence-corrected chi connectivity index (χ1v) is 9.80. The van der Waals surface area contributed by atoms with Gasteiger partial charge in [-0.25, -0.2) is 0 Å². The van der Waals surface area contributed by atoms with Crippen molar-refractivity contribution in [3.63, 3.8) is 0 Å². The summed E-state index contributed by atoms with van der Waals surface area (Å²) in [6, 6.07) is 25.0. The Bertz CT molecular complexity index is 1140. The maximum atomic E-state index is 6.40. The van der Waals surface area contributed by atoms with Gasteiger partial charge in [-0.1, -0.05) is 54.6 Å². The van der Waals surface area contributed by atoms with E-state index in [-0.39, 0.29) is 6.10 Å². The first-order chi connectivity index (χ1) is 13.3. The Morgan fingerprint density at radius 3 is 2.59 bits per heavy atom. The van der Waals surface area contributed by atoms with Gasteiger partial charge in [0.15, 0.2) is 6.10 Å². The molecule has 5 rings (SSSR count). The summed E-state index contributed by atoms with van der Waals surface area (Å²) in [4.78, 5) is 1.20. The molecule has 1 unspecified atom stereocenters. The van der Waals surface area contributed by atoms with Crippen LogP contribution in [0.25, 0.3) is 16.3 Å². The summed E-state index contributed by atoms with van der Waals surface area (Å²) >= 11 is 1.71. The van der Waals surface area contributed by atoms with E-state index < -0.39 is 0 Å². The van der Waals surface area contributed by atoms with E-state index in [1.807, 2.05) is 12.1 Å². The molecule has 0 fully saturated rings. The third-order valence-electron chi connectivity index (χ3n) is 4.95. The van der Waals surface area contributed by atoms with Gasteiger partial charge in [0.2, 0.25) is 0 Å². The van der Waals surface area contributed by atoms with Crippen LogP contribution >= 0.6 is 11.3 Å². The van der Waals surface area contributed by atoms with Gasteiger partial charge in [-0.05, 0) is 46.0 Å². The summed E-state index contributed by atoms with van der Waals surface area (Å²) in [7, 11) is 1.72. The van der Waals surface area contributed by atoms with Crippen LogP contribution in [-0.4, -0.2) is 7.11 Å². The molecule has 4 aromatic rings. The van der Waals surface area contributed by atoms with Crippen molar-refractivity contribution in [2.24, 2.45) is 0 Å². The van der Waals surface area contributed by atoms with Crippen LogP contribution in [0.5, 0.6) is 11.5 Å². The number of hydrogen-bond donors (Lipinski definition) is 0. The fourth-order valence-corrected chi connectivity index (χ4v) is 4.44. The van der Waals surface area contributed by atoms with E-state index in [0.717, 1.165) is 28.2 Å². The van der Waals surface area contributed by atoms with Crippen molar-refractivity contribution < 1.29 is 9.47 Å². The summed E-state index contributed by atoms with van der Waals surface area (Å²) in [5, 5.41) is 4.48. The SMILES string of the molecule is COc1ccccc1C1=CC(c2cccs2)Oc2ccc3ccccc3c21. The van der Waals surface area contributed by atoms with Crippen LogP contribution < -0.4 is 9.47 Å². The lowest BCUT2D eigenvalue weighted by Gasteiger charge is -2.27. The molecule has 0 radical (unpaired) electrons. The highest BCUT2D eigenvalue weighted by Gasteiger charge is 2.26. The van der Waals surface area contributed by atoms with Gasteiger partial charge < -0.3 is 9.47 Å². The van der Waals surface area contributed by atoms with E-state index in [9.17, 15) is 0 Å². The highest BCUT2D eigenvalue weighted by Crippen LogP contribution is 2.46. The summed E-state index contributed by atoms with van der Waals surface area (Å²) in [5.74, 6) is 1.78. The van der Waals surface area contributed by atoms with E-state index in [2.05, 4.69) is 72.1 Å². The molecule has 1 aliphatic rings. The minimum absolute atomic E-state index is 0.0985. The normalized spacial score (nSPS) is 15.7. The average molecular weight is 370 g/mol. The maximum Gasteiger partial charge on any atom is 0.152 e. The van der Waals surface area contributed by atoms with Crippen LogP contribution in [0.2, 0.25) is 0 Å². The molecule has 0 amide bonds. The maximum absolute atomic E-state index is 6.40. The topological polar surface area (TPSA) is 18.5 Å². The fourth-order valence-electron chi connectivity index (χ4n) is 3.72. The van der Waals surface area contributed by atoms with Crippen molar-refractivity contribution in [3.8, 4) is 11.5 Å². The molecule has 3 heteroatoms. The lowest BCUT2D eigenvalue weighted by molar-refractivity contribution is 0.255. The number of benzene rings is 3. The van der Waals surface area contributed by atoms with Crippen LogP contribution in [-0.2, 0) is 0 Å². The predicted molar refractivity (Wildman–Crippen MR) is 112 cm³/mol. The number of fused-ring (bicyclic) bond motifs is 3. The average Bonchev–Trinajstić information content (AvgIpc) is 3.27.